The molecule has 6 aromatic heterocycles. The number of rotatable bonds is 11. The number of imide groups is 3. The topological polar surface area (TPSA) is 412 Å². The predicted molar refractivity (Wildman–Crippen MR) is 492 cm³/mol. The van der Waals surface area contributed by atoms with Crippen LogP contribution in [0.5, 0.6) is 0 Å². The van der Waals surface area contributed by atoms with Gasteiger partial charge in [0.15, 0.2) is 11.3 Å². The van der Waals surface area contributed by atoms with Crippen LogP contribution in [0, 0.1) is 58.5 Å². The minimum absolute atomic E-state index is 0.0373. The van der Waals surface area contributed by atoms with E-state index < -0.39 is 41.8 Å². The van der Waals surface area contributed by atoms with Crippen LogP contribution in [0.4, 0.5) is 32.1 Å². The van der Waals surface area contributed by atoms with Crippen LogP contribution in [0.3, 0.4) is 0 Å². The lowest BCUT2D eigenvalue weighted by Crippen LogP contribution is -2.52. The number of nitrogens with zero attached hydrogens (tertiary/aromatic N) is 17. The first kappa shape index (κ1) is 91.5. The summed E-state index contributed by atoms with van der Waals surface area (Å²) in [7, 11) is 0. The number of nitrogens with one attached hydrogen (secondary N) is 4. The molecule has 7 saturated heterocycles. The number of nitriles is 1. The summed E-state index contributed by atoms with van der Waals surface area (Å²) >= 11 is 0. The summed E-state index contributed by atoms with van der Waals surface area (Å²) in [4.78, 5) is 166. The van der Waals surface area contributed by atoms with Gasteiger partial charge in [0, 0.05) is 156 Å². The summed E-state index contributed by atoms with van der Waals surface area (Å²) in [5.74, 6) is 13.7. The van der Waals surface area contributed by atoms with Gasteiger partial charge in [-0.1, -0.05) is 78.3 Å². The van der Waals surface area contributed by atoms with E-state index >= 15 is 0 Å². The number of aliphatic hydroxyl groups excluding tert-OH is 1. The van der Waals surface area contributed by atoms with E-state index in [0.29, 0.717) is 91.0 Å². The van der Waals surface area contributed by atoms with Crippen molar-refractivity contribution in [3.8, 4) is 64.4 Å². The van der Waals surface area contributed by atoms with E-state index in [1.807, 2.05) is 87.9 Å². The molecule has 10 amide bonds. The van der Waals surface area contributed by atoms with Crippen LogP contribution in [0.1, 0.15) is 159 Å². The van der Waals surface area contributed by atoms with E-state index in [-0.39, 0.29) is 104 Å². The standard InChI is InChI=1S/C41H36FN9O4.C25H26FN7.C16H12N2O5.C16H14N2O4.C2H3N/c42-29-5-1-4-27(23-29)32-7-3-17-49(32)37-14-13-35-43-24-34(51(35)46-37)31-6-2-8-36(44-31)47-18-20-48(21-19-47)39(53)16-10-26-9-11-28-25-50(41(55)30(28)22-26)33-12-15-38(52)45-40(33)54;26-19-5-1-4-18(16-19)21-7-3-13-32(21)25-10-9-23-28-17-22(33(23)30-25)20-6-2-8-24(29-20)31-14-11-27-12-15-31;19-13-5-4-12(15(22)17-13)18-8-10-3-1-9(2-6-14(20)21)7-11(10)16(18)23;19-7-1-2-10-3-4-11-9-18(16(22)12(11)8-10)13-5-6-14(20)17-15(13)21;1-2-3/h1-2,4-6,8-9,11,13-14,22-24,32-33H,3,7,12,15,17-21,25H2,(H,45,52,54);1-2,4-6,8-10,16-17,21,27H,3,7,11-15H2;1,3,7,12H,4-5,8H2,(H,20,21)(H,17,19,22);3-4,8,13,19H,5-7,9H2,(H,17,20,21);1H3/t32-,33?;21-;;;/m11.../s1. The highest BCUT2D eigenvalue weighted by Crippen LogP contribution is 2.40. The Kier molecular flexibility index (Phi) is 27.4. The van der Waals surface area contributed by atoms with Crippen molar-refractivity contribution in [1.29, 1.82) is 5.26 Å². The SMILES string of the molecule is CC#N.Fc1cccc([C@H]2CCCN2c2ccc3ncc(-c4cccc(N5CCNCC5)n4)n3n2)c1.O=C(O)C#Cc1ccc2c(c1)C(=O)N(C1CCC(=O)NC1=O)C2.O=C1CCC(N2Cc3ccc(C#CC(=O)N4CCN(c5cccc(-c6cnc7ccc(N8CCC[C@@H]8c8cccc(F)c8)nn67)n5)CC4)cc3C2=O)C(=O)N1.O=C1CCC(N2Cc3ccc(C#CCO)cc3C2=O)C(=O)N1. The maximum Gasteiger partial charge on any atom is 0.382 e. The van der Waals surface area contributed by atoms with E-state index in [0.717, 1.165) is 144 Å². The van der Waals surface area contributed by atoms with Crippen LogP contribution in [0.2, 0.25) is 0 Å². The number of fused-ring (bicyclic) bond motifs is 5. The second-order valence-electron chi connectivity index (χ2n) is 33.6. The second kappa shape index (κ2) is 40.7. The number of aliphatic hydroxyl groups is 1. The number of anilines is 4. The second-order valence-corrected chi connectivity index (χ2v) is 33.6. The fourth-order valence-electron chi connectivity index (χ4n) is 18.5. The molecule has 7 fully saturated rings. The van der Waals surface area contributed by atoms with Crippen molar-refractivity contribution in [3.05, 3.63) is 249 Å². The summed E-state index contributed by atoms with van der Waals surface area (Å²) in [5, 5.41) is 44.7. The molecular formula is C100H91F2N21O13. The number of carboxylic acid groups (broad SMARTS) is 1. The fraction of sp³-hybridized carbons (Fsp3) is 0.300. The van der Waals surface area contributed by atoms with Gasteiger partial charge in [0.05, 0.1) is 41.9 Å². The molecule has 6 N–H and O–H groups in total. The van der Waals surface area contributed by atoms with Crippen LogP contribution in [0.15, 0.2) is 176 Å². The lowest BCUT2D eigenvalue weighted by atomic mass is 10.0. The Bertz CT molecular complexity index is 6890. The first-order chi connectivity index (χ1) is 66.0. The summed E-state index contributed by atoms with van der Waals surface area (Å²) in [6.07, 6.45) is 9.11. The molecule has 36 heteroatoms. The maximum absolute atomic E-state index is 14.1. The van der Waals surface area contributed by atoms with Crippen molar-refractivity contribution < 1.29 is 71.7 Å². The largest absolute Gasteiger partial charge is 0.472 e. The van der Waals surface area contributed by atoms with Crippen molar-refractivity contribution in [1.82, 2.24) is 80.0 Å². The first-order valence-electron chi connectivity index (χ1n) is 44.7. The lowest BCUT2D eigenvalue weighted by molar-refractivity contribution is -0.138. The van der Waals surface area contributed by atoms with Gasteiger partial charge in [-0.2, -0.15) is 5.26 Å². The number of piperidine rings is 3. The zero-order valence-electron chi connectivity index (χ0n) is 73.8. The van der Waals surface area contributed by atoms with Crippen LogP contribution >= 0.6 is 0 Å². The molecule has 5 aromatic carbocycles. The van der Waals surface area contributed by atoms with Crippen molar-refractivity contribution >= 4 is 99.6 Å². The molecule has 0 saturated carbocycles. The van der Waals surface area contributed by atoms with Crippen molar-refractivity contribution in [3.63, 3.8) is 0 Å². The smallest absolute Gasteiger partial charge is 0.382 e. The molecule has 136 heavy (non-hydrogen) atoms. The van der Waals surface area contributed by atoms with Crippen LogP contribution in [-0.2, 0) is 58.0 Å². The predicted octanol–water partition coefficient (Wildman–Crippen LogP) is 7.62. The third-order valence-corrected chi connectivity index (χ3v) is 25.1. The van der Waals surface area contributed by atoms with Gasteiger partial charge in [0.2, 0.25) is 35.4 Å². The summed E-state index contributed by atoms with van der Waals surface area (Å²) in [6.45, 7) is 9.71. The van der Waals surface area contributed by atoms with Gasteiger partial charge < -0.3 is 54.7 Å². The Labute approximate surface area is 778 Å². The molecule has 0 bridgehead atoms. The third kappa shape index (κ3) is 20.1. The normalized spacial score (nSPS) is 19.3. The van der Waals surface area contributed by atoms with E-state index in [1.54, 1.807) is 90.0 Å². The van der Waals surface area contributed by atoms with E-state index in [1.165, 1.54) is 39.8 Å². The molecule has 3 unspecified atom stereocenters. The van der Waals surface area contributed by atoms with Crippen molar-refractivity contribution in [2.75, 3.05) is 91.7 Å². The molecule has 0 aliphatic carbocycles. The van der Waals surface area contributed by atoms with Crippen molar-refractivity contribution in [2.45, 2.75) is 121 Å². The Morgan fingerprint density at radius 1 is 0.449 bits per heavy atom. The van der Waals surface area contributed by atoms with Gasteiger partial charge in [0.25, 0.3) is 23.6 Å². The number of carboxylic acids is 1. The number of amides is 10. The molecule has 16 heterocycles. The minimum atomic E-state index is -1.25. The number of imidazole rings is 2. The highest BCUT2D eigenvalue weighted by Gasteiger charge is 2.43. The van der Waals surface area contributed by atoms with Gasteiger partial charge in [-0.15, -0.1) is 10.2 Å². The molecular weight excluding hydrogens is 1740 g/mol. The number of carbonyl (C=O) groups is 11. The van der Waals surface area contributed by atoms with Crippen LogP contribution < -0.4 is 40.9 Å². The molecule has 10 aliphatic heterocycles. The maximum atomic E-state index is 14.1. The molecule has 0 spiro atoms. The Balaban J connectivity index is 0.000000135. The summed E-state index contributed by atoms with van der Waals surface area (Å²) < 4.78 is 31.6. The average molecular weight is 1830 g/mol. The fourth-order valence-corrected chi connectivity index (χ4v) is 18.5. The summed E-state index contributed by atoms with van der Waals surface area (Å²) in [5.41, 5.74) is 11.9. The Morgan fingerprint density at radius 2 is 0.853 bits per heavy atom. The minimum Gasteiger partial charge on any atom is -0.472 e. The van der Waals surface area contributed by atoms with Crippen LogP contribution in [0.25, 0.3) is 34.1 Å². The molecule has 21 rings (SSSR count). The van der Waals surface area contributed by atoms with Crippen molar-refractivity contribution in [2.24, 2.45) is 0 Å². The number of aromatic nitrogens is 8. The number of carbonyl (C=O) groups excluding carboxylic acids is 10. The Hall–Kier alpha value is -16.4. The highest BCUT2D eigenvalue weighted by molar-refractivity contribution is 6.08. The highest BCUT2D eigenvalue weighted by atomic mass is 19.1. The van der Waals surface area contributed by atoms with Gasteiger partial charge in [-0.05, 0) is 182 Å². The van der Waals surface area contributed by atoms with E-state index in [9.17, 15) is 61.5 Å². The number of hydrogen-bond donors (Lipinski definition) is 6. The Morgan fingerprint density at radius 3 is 1.26 bits per heavy atom. The van der Waals surface area contributed by atoms with Gasteiger partial charge in [0.1, 0.15) is 71.0 Å². The first-order valence-corrected chi connectivity index (χ1v) is 44.7. The van der Waals surface area contributed by atoms with E-state index in [2.05, 4.69) is 86.5 Å². The van der Waals surface area contributed by atoms with Gasteiger partial charge in [-0.3, -0.25) is 63.9 Å². The van der Waals surface area contributed by atoms with E-state index in [4.69, 9.17) is 35.6 Å². The third-order valence-electron chi connectivity index (χ3n) is 25.1. The number of halogens is 2. The average Bonchev–Trinajstić information content (AvgIpc) is 1.64. The number of pyridine rings is 2. The summed E-state index contributed by atoms with van der Waals surface area (Å²) in [6, 6.07) is 48.8. The molecule has 5 atom stereocenters. The number of hydrogen-bond acceptors (Lipinski definition) is 24. The molecule has 11 aromatic rings. The monoisotopic (exact) mass is 1830 g/mol. The number of aliphatic carboxylic acids is 1. The number of piperazine rings is 2. The molecule has 688 valence electrons. The van der Waals surface area contributed by atoms with Crippen LogP contribution in [-0.4, -0.2) is 224 Å². The number of benzene rings is 5. The van der Waals surface area contributed by atoms with Gasteiger partial charge >= 0.3 is 5.97 Å². The quantitative estimate of drug-likeness (QED) is 0.0535. The van der Waals surface area contributed by atoms with Gasteiger partial charge in [-0.25, -0.2) is 42.5 Å². The zero-order chi connectivity index (χ0) is 94.8. The zero-order valence-corrected chi connectivity index (χ0v) is 73.8. The molecule has 0 radical (unpaired) electrons. The molecule has 34 nitrogen and oxygen atoms in total. The lowest BCUT2D eigenvalue weighted by Gasteiger charge is -2.34. The molecule has 10 aliphatic rings.